The fourth-order valence-corrected chi connectivity index (χ4v) is 3.64. The number of aliphatic hydroxyl groups is 1. The number of nitrogens with zero attached hydrogens (tertiary/aromatic N) is 2. The van der Waals surface area contributed by atoms with E-state index >= 15 is 0 Å². The van der Waals surface area contributed by atoms with Crippen molar-refractivity contribution in [2.24, 2.45) is 12.5 Å². The minimum atomic E-state index is -0.0187. The van der Waals surface area contributed by atoms with Gasteiger partial charge >= 0.3 is 0 Å². The molecule has 108 valence electrons. The smallest absolute Gasteiger partial charge is 0.261 e. The van der Waals surface area contributed by atoms with Crippen LogP contribution in [-0.4, -0.2) is 33.9 Å². The molecule has 3 rings (SSSR count). The molecule has 0 spiro atoms. The van der Waals surface area contributed by atoms with Crippen molar-refractivity contribution in [1.82, 2.24) is 15.1 Å². The molecular weight excluding hydrogens is 274 g/mol. The second kappa shape index (κ2) is 4.86. The Kier molecular flexibility index (Phi) is 3.30. The SMILES string of the molecule is Cc1nn(C)c2sc(C(=O)NCC3(CCO)CC3)cc12. The molecule has 0 radical (unpaired) electrons. The van der Waals surface area contributed by atoms with Crippen LogP contribution in [0.15, 0.2) is 6.07 Å². The third-order valence-electron chi connectivity index (χ3n) is 4.14. The Morgan fingerprint density at radius 2 is 2.35 bits per heavy atom. The number of nitrogens with one attached hydrogen (secondary N) is 1. The maximum absolute atomic E-state index is 12.2. The summed E-state index contributed by atoms with van der Waals surface area (Å²) in [6.07, 6.45) is 2.98. The summed E-state index contributed by atoms with van der Waals surface area (Å²) in [5.41, 5.74) is 1.11. The predicted octanol–water partition coefficient (Wildman–Crippen LogP) is 1.84. The molecule has 2 aromatic heterocycles. The normalized spacial score (nSPS) is 16.6. The lowest BCUT2D eigenvalue weighted by Crippen LogP contribution is -2.30. The average molecular weight is 293 g/mol. The van der Waals surface area contributed by atoms with Crippen LogP contribution in [0.25, 0.3) is 10.2 Å². The quantitative estimate of drug-likeness (QED) is 0.884. The molecule has 0 saturated heterocycles. The first-order valence-corrected chi connectivity index (χ1v) is 7.68. The molecule has 1 aliphatic rings. The molecule has 1 aliphatic carbocycles. The van der Waals surface area contributed by atoms with Crippen LogP contribution in [0.4, 0.5) is 0 Å². The van der Waals surface area contributed by atoms with Gasteiger partial charge in [-0.25, -0.2) is 0 Å². The van der Waals surface area contributed by atoms with Gasteiger partial charge in [-0.3, -0.25) is 9.48 Å². The van der Waals surface area contributed by atoms with Crippen LogP contribution in [0.1, 0.15) is 34.6 Å². The number of thiophene rings is 1. The van der Waals surface area contributed by atoms with Gasteiger partial charge in [0.1, 0.15) is 4.83 Å². The summed E-state index contributed by atoms with van der Waals surface area (Å²) in [5.74, 6) is -0.0187. The monoisotopic (exact) mass is 293 g/mol. The predicted molar refractivity (Wildman–Crippen MR) is 79.0 cm³/mol. The van der Waals surface area contributed by atoms with E-state index in [9.17, 15) is 4.79 Å². The summed E-state index contributed by atoms with van der Waals surface area (Å²) in [5, 5.41) is 17.4. The summed E-state index contributed by atoms with van der Waals surface area (Å²) in [7, 11) is 1.90. The highest BCUT2D eigenvalue weighted by Crippen LogP contribution is 2.47. The third kappa shape index (κ3) is 2.33. The number of fused-ring (bicyclic) bond motifs is 1. The van der Waals surface area contributed by atoms with E-state index in [1.807, 2.05) is 24.7 Å². The standard InChI is InChI=1S/C14H19N3O2S/c1-9-10-7-11(20-13(10)17(2)16-9)12(19)15-8-14(3-4-14)5-6-18/h7,18H,3-6,8H2,1-2H3,(H,15,19). The Labute approximate surface area is 121 Å². The van der Waals surface area contributed by atoms with Gasteiger partial charge in [-0.05, 0) is 37.7 Å². The fourth-order valence-electron chi connectivity index (χ4n) is 2.60. The van der Waals surface area contributed by atoms with Gasteiger partial charge in [0.15, 0.2) is 0 Å². The van der Waals surface area contributed by atoms with Gasteiger partial charge in [0.05, 0.1) is 10.6 Å². The van der Waals surface area contributed by atoms with Crippen LogP contribution >= 0.6 is 11.3 Å². The van der Waals surface area contributed by atoms with Crippen LogP contribution < -0.4 is 5.32 Å². The van der Waals surface area contributed by atoms with Crippen molar-refractivity contribution < 1.29 is 9.90 Å². The van der Waals surface area contributed by atoms with Gasteiger partial charge in [0, 0.05) is 25.6 Å². The number of carbonyl (C=O) groups excluding carboxylic acids is 1. The number of aliphatic hydroxyl groups excluding tert-OH is 1. The number of hydrogen-bond acceptors (Lipinski definition) is 4. The summed E-state index contributed by atoms with van der Waals surface area (Å²) in [6.45, 7) is 2.82. The fraction of sp³-hybridized carbons (Fsp3) is 0.571. The molecule has 1 saturated carbocycles. The largest absolute Gasteiger partial charge is 0.396 e. The van der Waals surface area contributed by atoms with Crippen molar-refractivity contribution in [3.8, 4) is 0 Å². The second-order valence-corrected chi connectivity index (χ2v) is 6.73. The zero-order valence-corrected chi connectivity index (χ0v) is 12.6. The van der Waals surface area contributed by atoms with Crippen molar-refractivity contribution in [2.45, 2.75) is 26.2 Å². The molecule has 2 heterocycles. The van der Waals surface area contributed by atoms with E-state index in [0.717, 1.165) is 40.1 Å². The number of aromatic nitrogens is 2. The Balaban J connectivity index is 1.71. The molecule has 1 amide bonds. The molecule has 1 fully saturated rings. The van der Waals surface area contributed by atoms with E-state index in [0.29, 0.717) is 6.54 Å². The Morgan fingerprint density at radius 1 is 1.60 bits per heavy atom. The maximum atomic E-state index is 12.2. The number of rotatable bonds is 5. The van der Waals surface area contributed by atoms with Crippen molar-refractivity contribution in [1.29, 1.82) is 0 Å². The summed E-state index contributed by atoms with van der Waals surface area (Å²) in [6, 6.07) is 1.92. The zero-order valence-electron chi connectivity index (χ0n) is 11.8. The molecule has 2 aromatic rings. The molecule has 0 aromatic carbocycles. The van der Waals surface area contributed by atoms with Crippen LogP contribution in [0.5, 0.6) is 0 Å². The first-order valence-electron chi connectivity index (χ1n) is 6.87. The van der Waals surface area contributed by atoms with Crippen LogP contribution in [0, 0.1) is 12.3 Å². The van der Waals surface area contributed by atoms with Gasteiger partial charge in [0.2, 0.25) is 0 Å². The van der Waals surface area contributed by atoms with Crippen molar-refractivity contribution >= 4 is 27.5 Å². The van der Waals surface area contributed by atoms with E-state index in [1.165, 1.54) is 11.3 Å². The van der Waals surface area contributed by atoms with Gasteiger partial charge < -0.3 is 10.4 Å². The molecule has 0 atom stereocenters. The Morgan fingerprint density at radius 3 is 2.95 bits per heavy atom. The van der Waals surface area contributed by atoms with Crippen molar-refractivity contribution in [2.75, 3.05) is 13.2 Å². The van der Waals surface area contributed by atoms with E-state index in [-0.39, 0.29) is 17.9 Å². The molecule has 2 N–H and O–H groups in total. The highest BCUT2D eigenvalue weighted by Gasteiger charge is 2.41. The zero-order chi connectivity index (χ0) is 14.3. The highest BCUT2D eigenvalue weighted by molar-refractivity contribution is 7.20. The van der Waals surface area contributed by atoms with Gasteiger partial charge in [0.25, 0.3) is 5.91 Å². The van der Waals surface area contributed by atoms with Crippen LogP contribution in [-0.2, 0) is 7.05 Å². The van der Waals surface area contributed by atoms with E-state index < -0.39 is 0 Å². The lowest BCUT2D eigenvalue weighted by atomic mass is 10.0. The lowest BCUT2D eigenvalue weighted by molar-refractivity contribution is 0.0945. The molecule has 5 nitrogen and oxygen atoms in total. The lowest BCUT2D eigenvalue weighted by Gasteiger charge is -2.13. The third-order valence-corrected chi connectivity index (χ3v) is 5.34. The van der Waals surface area contributed by atoms with E-state index in [1.54, 1.807) is 0 Å². The van der Waals surface area contributed by atoms with Gasteiger partial charge in [-0.1, -0.05) is 0 Å². The number of carbonyl (C=O) groups is 1. The van der Waals surface area contributed by atoms with Gasteiger partial charge in [-0.15, -0.1) is 11.3 Å². The topological polar surface area (TPSA) is 67.2 Å². The van der Waals surface area contributed by atoms with Crippen molar-refractivity contribution in [3.05, 3.63) is 16.6 Å². The highest BCUT2D eigenvalue weighted by atomic mass is 32.1. The number of hydrogen-bond donors (Lipinski definition) is 2. The molecule has 0 aliphatic heterocycles. The van der Waals surface area contributed by atoms with Crippen LogP contribution in [0.2, 0.25) is 0 Å². The van der Waals surface area contributed by atoms with Crippen LogP contribution in [0.3, 0.4) is 0 Å². The molecule has 0 unspecified atom stereocenters. The average Bonchev–Trinajstić information content (AvgIpc) is 2.94. The number of amides is 1. The first-order chi connectivity index (χ1) is 9.54. The molecule has 0 bridgehead atoms. The van der Waals surface area contributed by atoms with Crippen molar-refractivity contribution in [3.63, 3.8) is 0 Å². The second-order valence-electron chi connectivity index (χ2n) is 5.69. The van der Waals surface area contributed by atoms with Gasteiger partial charge in [-0.2, -0.15) is 5.10 Å². The summed E-state index contributed by atoms with van der Waals surface area (Å²) in [4.78, 5) is 14.0. The van der Waals surface area contributed by atoms with E-state index in [2.05, 4.69) is 10.4 Å². The summed E-state index contributed by atoms with van der Waals surface area (Å²) < 4.78 is 1.82. The first kappa shape index (κ1) is 13.6. The molecular formula is C14H19N3O2S. The minimum Gasteiger partial charge on any atom is -0.396 e. The molecule has 20 heavy (non-hydrogen) atoms. The maximum Gasteiger partial charge on any atom is 0.261 e. The number of aryl methyl sites for hydroxylation is 2. The molecule has 6 heteroatoms. The minimum absolute atomic E-state index is 0.0187. The Bertz CT molecular complexity index is 620. The Hall–Kier alpha value is -1.40. The summed E-state index contributed by atoms with van der Waals surface area (Å²) >= 11 is 1.48. The van der Waals surface area contributed by atoms with E-state index in [4.69, 9.17) is 5.11 Å².